The molecule has 1 unspecified atom stereocenters. The third-order valence-corrected chi connectivity index (χ3v) is 5.71. The summed E-state index contributed by atoms with van der Waals surface area (Å²) in [5, 5.41) is 3.70. The first kappa shape index (κ1) is 18.1. The van der Waals surface area contributed by atoms with Crippen molar-refractivity contribution in [1.29, 1.82) is 0 Å². The number of amides is 1. The van der Waals surface area contributed by atoms with E-state index < -0.39 is 0 Å². The van der Waals surface area contributed by atoms with Crippen molar-refractivity contribution in [2.24, 2.45) is 5.92 Å². The van der Waals surface area contributed by atoms with Crippen LogP contribution in [0.5, 0.6) is 0 Å². The molecule has 8 heteroatoms. The molecule has 0 aromatic carbocycles. The molecule has 2 aromatic rings. The standard InChI is InChI=1S/C17H22ClN5OS/c1-4-23(5-2)16-19-9-11(18)14(21-16)15(24)22-17-20-12-7-6-10(3)8-13(12)25-17/h9-10H,4-8H2,1-3H3,(H,20,22,24). The van der Waals surface area contributed by atoms with Gasteiger partial charge in [0, 0.05) is 18.0 Å². The molecule has 0 spiro atoms. The van der Waals surface area contributed by atoms with E-state index >= 15 is 0 Å². The maximum Gasteiger partial charge on any atom is 0.277 e. The molecule has 2 heterocycles. The largest absolute Gasteiger partial charge is 0.341 e. The molecule has 25 heavy (non-hydrogen) atoms. The fraction of sp³-hybridized carbons (Fsp3) is 0.529. The van der Waals surface area contributed by atoms with Crippen LogP contribution in [-0.2, 0) is 12.8 Å². The van der Waals surface area contributed by atoms with Gasteiger partial charge in [-0.05, 0) is 39.0 Å². The van der Waals surface area contributed by atoms with Crippen LogP contribution in [0.4, 0.5) is 11.1 Å². The summed E-state index contributed by atoms with van der Waals surface area (Å²) in [4.78, 5) is 29.0. The maximum atomic E-state index is 12.6. The topological polar surface area (TPSA) is 71.0 Å². The van der Waals surface area contributed by atoms with Gasteiger partial charge >= 0.3 is 0 Å². The van der Waals surface area contributed by atoms with Crippen molar-refractivity contribution in [1.82, 2.24) is 15.0 Å². The SMILES string of the molecule is CCN(CC)c1ncc(Cl)c(C(=O)Nc2nc3c(s2)CC(C)CC3)n1. The van der Waals surface area contributed by atoms with Crippen molar-refractivity contribution < 1.29 is 4.79 Å². The molecule has 0 aliphatic heterocycles. The summed E-state index contributed by atoms with van der Waals surface area (Å²) in [6.45, 7) is 7.80. The Labute approximate surface area is 156 Å². The molecular formula is C17H22ClN5OS. The fourth-order valence-electron chi connectivity index (χ4n) is 2.93. The molecule has 0 saturated carbocycles. The van der Waals surface area contributed by atoms with Crippen LogP contribution in [0.25, 0.3) is 0 Å². The van der Waals surface area contributed by atoms with E-state index in [1.807, 2.05) is 18.7 Å². The highest BCUT2D eigenvalue weighted by Crippen LogP contribution is 2.32. The van der Waals surface area contributed by atoms with Gasteiger partial charge in [-0.1, -0.05) is 18.5 Å². The number of nitrogens with one attached hydrogen (secondary N) is 1. The maximum absolute atomic E-state index is 12.6. The predicted molar refractivity (Wildman–Crippen MR) is 102 cm³/mol. The lowest BCUT2D eigenvalue weighted by atomic mass is 9.93. The molecule has 1 N–H and O–H groups in total. The highest BCUT2D eigenvalue weighted by atomic mass is 35.5. The molecule has 134 valence electrons. The third-order valence-electron chi connectivity index (χ3n) is 4.40. The van der Waals surface area contributed by atoms with Crippen LogP contribution in [0, 0.1) is 5.92 Å². The zero-order valence-electron chi connectivity index (χ0n) is 14.7. The normalized spacial score (nSPS) is 16.4. The van der Waals surface area contributed by atoms with Crippen LogP contribution in [0.15, 0.2) is 6.20 Å². The second-order valence-corrected chi connectivity index (χ2v) is 7.72. The second-order valence-electron chi connectivity index (χ2n) is 6.23. The fourth-order valence-corrected chi connectivity index (χ4v) is 4.27. The highest BCUT2D eigenvalue weighted by molar-refractivity contribution is 7.15. The van der Waals surface area contributed by atoms with Crippen molar-refractivity contribution >= 4 is 39.9 Å². The lowest BCUT2D eigenvalue weighted by Crippen LogP contribution is -2.25. The van der Waals surface area contributed by atoms with Crippen LogP contribution in [0.3, 0.4) is 0 Å². The lowest BCUT2D eigenvalue weighted by Gasteiger charge is -2.18. The predicted octanol–water partition coefficient (Wildman–Crippen LogP) is 3.81. The van der Waals surface area contributed by atoms with Crippen LogP contribution in [-0.4, -0.2) is 33.9 Å². The summed E-state index contributed by atoms with van der Waals surface area (Å²) in [6.07, 6.45) is 4.63. The van der Waals surface area contributed by atoms with Crippen molar-refractivity contribution in [2.45, 2.75) is 40.0 Å². The first-order valence-corrected chi connectivity index (χ1v) is 9.78. The Morgan fingerprint density at radius 2 is 2.16 bits per heavy atom. The van der Waals surface area contributed by atoms with E-state index in [4.69, 9.17) is 11.6 Å². The van der Waals surface area contributed by atoms with Gasteiger partial charge in [-0.25, -0.2) is 15.0 Å². The highest BCUT2D eigenvalue weighted by Gasteiger charge is 2.22. The van der Waals surface area contributed by atoms with Crippen LogP contribution < -0.4 is 10.2 Å². The molecule has 2 aromatic heterocycles. The number of fused-ring (bicyclic) bond motifs is 1. The van der Waals surface area contributed by atoms with Crippen molar-refractivity contribution in [3.8, 4) is 0 Å². The Hall–Kier alpha value is -1.73. The lowest BCUT2D eigenvalue weighted by molar-refractivity contribution is 0.102. The average Bonchev–Trinajstić information content (AvgIpc) is 2.98. The van der Waals surface area contributed by atoms with Crippen molar-refractivity contribution in [3.05, 3.63) is 27.5 Å². The Bertz CT molecular complexity index is 774. The Morgan fingerprint density at radius 1 is 1.40 bits per heavy atom. The Balaban J connectivity index is 1.80. The van der Waals surface area contributed by atoms with Crippen molar-refractivity contribution in [2.75, 3.05) is 23.3 Å². The molecule has 0 saturated heterocycles. The quantitative estimate of drug-likeness (QED) is 0.855. The van der Waals surface area contributed by atoms with Crippen LogP contribution in [0.2, 0.25) is 5.02 Å². The second kappa shape index (κ2) is 7.66. The summed E-state index contributed by atoms with van der Waals surface area (Å²) in [5.41, 5.74) is 1.29. The van der Waals surface area contributed by atoms with Crippen molar-refractivity contribution in [3.63, 3.8) is 0 Å². The number of hydrogen-bond donors (Lipinski definition) is 1. The monoisotopic (exact) mass is 379 g/mol. The molecule has 3 rings (SSSR count). The van der Waals surface area contributed by atoms with Gasteiger partial charge in [0.15, 0.2) is 10.8 Å². The van der Waals surface area contributed by atoms with E-state index in [2.05, 4.69) is 27.2 Å². The number of nitrogens with zero attached hydrogens (tertiary/aromatic N) is 4. The summed E-state index contributed by atoms with van der Waals surface area (Å²) in [7, 11) is 0. The Morgan fingerprint density at radius 3 is 2.88 bits per heavy atom. The molecule has 1 aliphatic carbocycles. The van der Waals surface area contributed by atoms with Gasteiger partial charge in [0.2, 0.25) is 5.95 Å². The number of hydrogen-bond acceptors (Lipinski definition) is 6. The summed E-state index contributed by atoms with van der Waals surface area (Å²) < 4.78 is 0. The minimum absolute atomic E-state index is 0.181. The Kier molecular flexibility index (Phi) is 5.54. The zero-order valence-corrected chi connectivity index (χ0v) is 16.2. The number of anilines is 2. The number of carbonyl (C=O) groups is 1. The summed E-state index contributed by atoms with van der Waals surface area (Å²) >= 11 is 7.69. The zero-order chi connectivity index (χ0) is 18.0. The molecule has 0 fully saturated rings. The van der Waals surface area contributed by atoms with E-state index in [-0.39, 0.29) is 16.6 Å². The number of rotatable bonds is 5. The summed E-state index contributed by atoms with van der Waals surface area (Å²) in [5.74, 6) is 0.830. The molecule has 0 radical (unpaired) electrons. The number of halogens is 1. The van der Waals surface area contributed by atoms with Gasteiger partial charge < -0.3 is 4.90 Å². The van der Waals surface area contributed by atoms with Gasteiger partial charge in [0.05, 0.1) is 16.9 Å². The minimum atomic E-state index is -0.347. The van der Waals surface area contributed by atoms with Gasteiger partial charge in [-0.3, -0.25) is 10.1 Å². The average molecular weight is 380 g/mol. The molecule has 1 aliphatic rings. The molecular weight excluding hydrogens is 358 g/mol. The molecule has 6 nitrogen and oxygen atoms in total. The minimum Gasteiger partial charge on any atom is -0.341 e. The number of carbonyl (C=O) groups excluding carboxylic acids is 1. The van der Waals surface area contributed by atoms with Gasteiger partial charge in [0.25, 0.3) is 5.91 Å². The van der Waals surface area contributed by atoms with Gasteiger partial charge in [0.1, 0.15) is 0 Å². The molecule has 1 atom stereocenters. The smallest absolute Gasteiger partial charge is 0.277 e. The molecule has 1 amide bonds. The van der Waals surface area contributed by atoms with E-state index in [1.165, 1.54) is 11.1 Å². The van der Waals surface area contributed by atoms with Gasteiger partial charge in [-0.2, -0.15) is 0 Å². The van der Waals surface area contributed by atoms with E-state index in [0.29, 0.717) is 17.0 Å². The van der Waals surface area contributed by atoms with Crippen LogP contribution >= 0.6 is 22.9 Å². The number of aryl methyl sites for hydroxylation is 1. The van der Waals surface area contributed by atoms with E-state index in [1.54, 1.807) is 11.3 Å². The van der Waals surface area contributed by atoms with Crippen LogP contribution in [0.1, 0.15) is 48.3 Å². The first-order valence-electron chi connectivity index (χ1n) is 8.59. The summed E-state index contributed by atoms with van der Waals surface area (Å²) in [6, 6.07) is 0. The molecule has 0 bridgehead atoms. The van der Waals surface area contributed by atoms with Gasteiger partial charge in [-0.15, -0.1) is 11.3 Å². The number of aromatic nitrogens is 3. The van der Waals surface area contributed by atoms with E-state index in [0.717, 1.165) is 38.0 Å². The van der Waals surface area contributed by atoms with E-state index in [9.17, 15) is 4.79 Å². The first-order chi connectivity index (χ1) is 12.0. The third kappa shape index (κ3) is 3.93. The number of thiazole rings is 1.